The number of carboxylic acids is 1. The van der Waals surface area contributed by atoms with Crippen molar-refractivity contribution in [2.45, 2.75) is 123 Å². The number of hydrogen-bond acceptors (Lipinski definition) is 3. The third-order valence-corrected chi connectivity index (χ3v) is 5.69. The summed E-state index contributed by atoms with van der Waals surface area (Å²) in [6, 6.07) is 0. The lowest BCUT2D eigenvalue weighted by Gasteiger charge is -2.16. The monoisotopic (exact) mass is 512 g/mol. The maximum absolute atomic E-state index is 12.1. The second-order valence-electron chi connectivity index (χ2n) is 9.22. The van der Waals surface area contributed by atoms with Gasteiger partial charge < -0.3 is 9.84 Å². The average molecular weight is 513 g/mol. The Morgan fingerprint density at radius 1 is 0.649 bits per heavy atom. The lowest BCUT2D eigenvalue weighted by molar-refractivity contribution is -0.153. The van der Waals surface area contributed by atoms with E-state index >= 15 is 0 Å². The van der Waals surface area contributed by atoms with Crippen LogP contribution >= 0.6 is 0 Å². The van der Waals surface area contributed by atoms with Crippen LogP contribution < -0.4 is 0 Å². The van der Waals surface area contributed by atoms with E-state index in [1.165, 1.54) is 19.3 Å². The number of carbonyl (C=O) groups excluding carboxylic acids is 1. The van der Waals surface area contributed by atoms with Gasteiger partial charge in [-0.3, -0.25) is 9.59 Å². The van der Waals surface area contributed by atoms with Crippen molar-refractivity contribution in [3.05, 3.63) is 72.9 Å². The summed E-state index contributed by atoms with van der Waals surface area (Å²) in [4.78, 5) is 23.2. The summed E-state index contributed by atoms with van der Waals surface area (Å²) in [6.45, 7) is 4.33. The molecular weight excluding hydrogens is 460 g/mol. The molecule has 0 saturated carbocycles. The zero-order valence-corrected chi connectivity index (χ0v) is 23.5. The molecule has 1 N–H and O–H groups in total. The van der Waals surface area contributed by atoms with E-state index in [1.54, 1.807) is 0 Å². The van der Waals surface area contributed by atoms with Crippen molar-refractivity contribution in [1.29, 1.82) is 0 Å². The van der Waals surface area contributed by atoms with Gasteiger partial charge in [-0.05, 0) is 57.8 Å². The summed E-state index contributed by atoms with van der Waals surface area (Å²) in [5.74, 6) is -1.22. The molecule has 0 amide bonds. The van der Waals surface area contributed by atoms with Crippen LogP contribution in [0.2, 0.25) is 0 Å². The van der Waals surface area contributed by atoms with Crippen molar-refractivity contribution in [3.8, 4) is 0 Å². The number of allylic oxidation sites excluding steroid dienone is 12. The van der Waals surface area contributed by atoms with E-state index in [9.17, 15) is 9.59 Å². The number of aliphatic carboxylic acids is 1. The summed E-state index contributed by atoms with van der Waals surface area (Å²) in [7, 11) is 0. The number of unbranched alkanes of at least 4 members (excludes halogenated alkanes) is 5. The van der Waals surface area contributed by atoms with Gasteiger partial charge in [0.15, 0.2) is 0 Å². The van der Waals surface area contributed by atoms with Gasteiger partial charge in [0.25, 0.3) is 0 Å². The van der Waals surface area contributed by atoms with E-state index in [4.69, 9.17) is 9.84 Å². The van der Waals surface area contributed by atoms with Crippen LogP contribution in [0.4, 0.5) is 0 Å². The molecule has 0 rings (SSSR count). The van der Waals surface area contributed by atoms with Crippen LogP contribution in [0.25, 0.3) is 0 Å². The molecule has 0 saturated heterocycles. The second kappa shape index (κ2) is 28.0. The number of rotatable bonds is 24. The van der Waals surface area contributed by atoms with Gasteiger partial charge in [0.05, 0.1) is 6.42 Å². The zero-order valence-electron chi connectivity index (χ0n) is 23.5. The first kappa shape index (κ1) is 34.4. The van der Waals surface area contributed by atoms with E-state index in [-0.39, 0.29) is 18.8 Å². The average Bonchev–Trinajstić information content (AvgIpc) is 2.87. The number of ether oxygens (including phenoxy) is 1. The highest BCUT2D eigenvalue weighted by Gasteiger charge is 2.17. The SMILES string of the molecule is CC/C=C\C/C=C\C/C=C\C/C=C\C/C=C\C/C=C\CCC(=O)OC(CCCCCCCC)CC(=O)O. The fraction of sp³-hybridized carbons (Fsp3) is 0.576. The van der Waals surface area contributed by atoms with Crippen LogP contribution in [0.15, 0.2) is 72.9 Å². The van der Waals surface area contributed by atoms with Crippen molar-refractivity contribution >= 4 is 11.9 Å². The summed E-state index contributed by atoms with van der Waals surface area (Å²) >= 11 is 0. The molecule has 4 nitrogen and oxygen atoms in total. The molecule has 1 unspecified atom stereocenters. The maximum atomic E-state index is 12.1. The maximum Gasteiger partial charge on any atom is 0.307 e. The van der Waals surface area contributed by atoms with Gasteiger partial charge in [0, 0.05) is 6.42 Å². The number of carbonyl (C=O) groups is 2. The van der Waals surface area contributed by atoms with Crippen LogP contribution in [0, 0.1) is 0 Å². The molecule has 0 aromatic heterocycles. The molecule has 37 heavy (non-hydrogen) atoms. The molecule has 0 aromatic carbocycles. The Hall–Kier alpha value is -2.62. The van der Waals surface area contributed by atoms with Gasteiger partial charge in [0.2, 0.25) is 0 Å². The first-order valence-corrected chi connectivity index (χ1v) is 14.4. The first-order chi connectivity index (χ1) is 18.1. The van der Waals surface area contributed by atoms with E-state index in [0.717, 1.165) is 57.8 Å². The van der Waals surface area contributed by atoms with E-state index < -0.39 is 12.1 Å². The molecule has 0 aliphatic carbocycles. The summed E-state index contributed by atoms with van der Waals surface area (Å²) in [5.41, 5.74) is 0. The van der Waals surface area contributed by atoms with Crippen molar-refractivity contribution in [3.63, 3.8) is 0 Å². The van der Waals surface area contributed by atoms with Gasteiger partial charge in [-0.15, -0.1) is 0 Å². The van der Waals surface area contributed by atoms with Crippen molar-refractivity contribution in [2.24, 2.45) is 0 Å². The van der Waals surface area contributed by atoms with E-state index in [1.807, 2.05) is 12.2 Å². The van der Waals surface area contributed by atoms with Crippen LogP contribution in [0.1, 0.15) is 117 Å². The largest absolute Gasteiger partial charge is 0.481 e. The molecule has 0 fully saturated rings. The fourth-order valence-corrected chi connectivity index (χ4v) is 3.64. The van der Waals surface area contributed by atoms with Crippen LogP contribution in [-0.4, -0.2) is 23.1 Å². The molecule has 0 aliphatic heterocycles. The minimum atomic E-state index is -0.916. The minimum Gasteiger partial charge on any atom is -0.481 e. The summed E-state index contributed by atoms with van der Waals surface area (Å²) in [5, 5.41) is 9.09. The molecule has 0 aromatic rings. The van der Waals surface area contributed by atoms with Gasteiger partial charge >= 0.3 is 11.9 Å². The smallest absolute Gasteiger partial charge is 0.307 e. The van der Waals surface area contributed by atoms with Gasteiger partial charge in [-0.25, -0.2) is 0 Å². The quantitative estimate of drug-likeness (QED) is 0.0794. The van der Waals surface area contributed by atoms with Gasteiger partial charge in [-0.2, -0.15) is 0 Å². The van der Waals surface area contributed by atoms with Crippen LogP contribution in [-0.2, 0) is 14.3 Å². The van der Waals surface area contributed by atoms with Gasteiger partial charge in [0.1, 0.15) is 6.10 Å². The number of carboxylic acid groups (broad SMARTS) is 1. The lowest BCUT2D eigenvalue weighted by Crippen LogP contribution is -2.21. The molecule has 0 radical (unpaired) electrons. The molecular formula is C33H52O4. The van der Waals surface area contributed by atoms with Gasteiger partial charge in [-0.1, -0.05) is 119 Å². The number of hydrogen-bond donors (Lipinski definition) is 1. The highest BCUT2D eigenvalue weighted by atomic mass is 16.5. The summed E-state index contributed by atoms with van der Waals surface area (Å²) < 4.78 is 5.44. The molecule has 0 bridgehead atoms. The lowest BCUT2D eigenvalue weighted by atomic mass is 10.1. The highest BCUT2D eigenvalue weighted by Crippen LogP contribution is 2.14. The predicted octanol–water partition coefficient (Wildman–Crippen LogP) is 9.60. The second-order valence-corrected chi connectivity index (χ2v) is 9.22. The Morgan fingerprint density at radius 3 is 1.59 bits per heavy atom. The van der Waals surface area contributed by atoms with E-state index in [2.05, 4.69) is 74.6 Å². The third-order valence-electron chi connectivity index (χ3n) is 5.69. The van der Waals surface area contributed by atoms with Crippen molar-refractivity contribution in [2.75, 3.05) is 0 Å². The number of esters is 1. The molecule has 208 valence electrons. The molecule has 0 spiro atoms. The Morgan fingerprint density at radius 2 is 1.11 bits per heavy atom. The van der Waals surface area contributed by atoms with Crippen LogP contribution in [0.3, 0.4) is 0 Å². The predicted molar refractivity (Wildman–Crippen MR) is 158 cm³/mol. The molecule has 4 heteroatoms. The highest BCUT2D eigenvalue weighted by molar-refractivity contribution is 5.71. The first-order valence-electron chi connectivity index (χ1n) is 14.4. The van der Waals surface area contributed by atoms with Crippen molar-refractivity contribution < 1.29 is 19.4 Å². The van der Waals surface area contributed by atoms with Crippen molar-refractivity contribution in [1.82, 2.24) is 0 Å². The minimum absolute atomic E-state index is 0.111. The fourth-order valence-electron chi connectivity index (χ4n) is 3.64. The Balaban J connectivity index is 3.90. The Labute approximate surface area is 227 Å². The zero-order chi connectivity index (χ0) is 27.2. The molecule has 1 atom stereocenters. The topological polar surface area (TPSA) is 63.6 Å². The Kier molecular flexibility index (Phi) is 26.0. The Bertz CT molecular complexity index is 725. The standard InChI is InChI=1S/C33H52O4/c1-3-5-7-9-11-12-13-14-15-16-17-18-19-20-21-22-23-25-27-29-33(36)37-31(30-32(34)35)28-26-24-10-8-6-4-2/h5,7,11-12,14-15,17-18,20-21,23,25,31H,3-4,6,8-10,13,16,19,22,24,26-30H2,1-2H3,(H,34,35)/b7-5-,12-11-,15-14-,18-17-,21-20-,25-23-. The van der Waals surface area contributed by atoms with E-state index in [0.29, 0.717) is 12.8 Å². The third kappa shape index (κ3) is 27.8. The van der Waals surface area contributed by atoms with Crippen LogP contribution in [0.5, 0.6) is 0 Å². The molecule has 0 heterocycles. The normalized spacial score (nSPS) is 13.4. The molecule has 0 aliphatic rings. The summed E-state index contributed by atoms with van der Waals surface area (Å²) in [6.07, 6.45) is 39.3.